The van der Waals surface area contributed by atoms with Gasteiger partial charge in [-0.1, -0.05) is 23.8 Å². The number of rotatable bonds is 6. The summed E-state index contributed by atoms with van der Waals surface area (Å²) in [5.74, 6) is 0.625. The Kier molecular flexibility index (Phi) is 4.98. The second-order valence-corrected chi connectivity index (χ2v) is 7.01. The molecule has 2 heterocycles. The Morgan fingerprint density at radius 2 is 1.97 bits per heavy atom. The van der Waals surface area contributed by atoms with E-state index in [0.717, 1.165) is 16.9 Å². The zero-order valence-corrected chi connectivity index (χ0v) is 16.3. The number of ether oxygens (including phenoxy) is 1. The van der Waals surface area contributed by atoms with Gasteiger partial charge in [-0.05, 0) is 43.7 Å². The monoisotopic (exact) mass is 393 g/mol. The van der Waals surface area contributed by atoms with E-state index in [0.29, 0.717) is 29.1 Å². The zero-order valence-electron chi connectivity index (χ0n) is 16.3. The summed E-state index contributed by atoms with van der Waals surface area (Å²) in [4.78, 5) is 14.6. The fourth-order valence-electron chi connectivity index (χ4n) is 3.84. The van der Waals surface area contributed by atoms with Crippen molar-refractivity contribution in [1.82, 2.24) is 15.1 Å². The van der Waals surface area contributed by atoms with Crippen molar-refractivity contribution in [2.75, 3.05) is 19.8 Å². The first kappa shape index (κ1) is 19.0. The first-order chi connectivity index (χ1) is 14.0. The van der Waals surface area contributed by atoms with Crippen LogP contribution < -0.4 is 4.74 Å². The minimum absolute atomic E-state index is 0.100. The summed E-state index contributed by atoms with van der Waals surface area (Å²) in [5, 5.41) is 27.1. The lowest BCUT2D eigenvalue weighted by Gasteiger charge is -2.25. The number of aliphatic hydroxyl groups is 1. The van der Waals surface area contributed by atoms with Crippen molar-refractivity contribution < 1.29 is 19.7 Å². The number of benzene rings is 2. The number of fused-ring (bicyclic) bond motifs is 1. The molecule has 1 aliphatic heterocycles. The summed E-state index contributed by atoms with van der Waals surface area (Å²) in [7, 11) is 0. The quantitative estimate of drug-likeness (QED) is 0.598. The number of nitrogens with one attached hydrogen (secondary N) is 1. The van der Waals surface area contributed by atoms with Crippen LogP contribution >= 0.6 is 0 Å². The van der Waals surface area contributed by atoms with Gasteiger partial charge in [0, 0.05) is 17.7 Å². The number of hydrogen-bond donors (Lipinski definition) is 3. The minimum atomic E-state index is -0.422. The van der Waals surface area contributed by atoms with Crippen molar-refractivity contribution in [3.8, 4) is 22.8 Å². The lowest BCUT2D eigenvalue weighted by molar-refractivity contribution is 0.0706. The van der Waals surface area contributed by atoms with Gasteiger partial charge in [-0.15, -0.1) is 0 Å². The third-order valence-electron chi connectivity index (χ3n) is 5.12. The predicted molar refractivity (Wildman–Crippen MR) is 108 cm³/mol. The molecular weight excluding hydrogens is 370 g/mol. The number of H-pyrrole nitrogens is 1. The van der Waals surface area contributed by atoms with Crippen LogP contribution in [-0.2, 0) is 0 Å². The lowest BCUT2D eigenvalue weighted by Crippen LogP contribution is -2.32. The van der Waals surface area contributed by atoms with Gasteiger partial charge >= 0.3 is 0 Å². The van der Waals surface area contributed by atoms with Gasteiger partial charge in [-0.2, -0.15) is 5.10 Å². The first-order valence-electron chi connectivity index (χ1n) is 9.58. The number of aryl methyl sites for hydroxylation is 1. The van der Waals surface area contributed by atoms with Crippen LogP contribution in [0.1, 0.15) is 40.1 Å². The molecule has 0 aliphatic carbocycles. The molecule has 0 unspecified atom stereocenters. The maximum Gasteiger partial charge on any atom is 0.273 e. The van der Waals surface area contributed by atoms with E-state index in [-0.39, 0.29) is 24.8 Å². The second kappa shape index (κ2) is 7.60. The predicted octanol–water partition coefficient (Wildman–Crippen LogP) is 3.03. The number of aromatic amines is 1. The second-order valence-electron chi connectivity index (χ2n) is 7.01. The summed E-state index contributed by atoms with van der Waals surface area (Å²) in [5.41, 5.74) is 4.04. The van der Waals surface area contributed by atoms with Crippen molar-refractivity contribution in [1.29, 1.82) is 0 Å². The molecule has 1 amide bonds. The number of aromatic hydroxyl groups is 1. The minimum Gasteiger partial charge on any atom is -0.507 e. The van der Waals surface area contributed by atoms with Crippen LogP contribution in [-0.4, -0.2) is 51.0 Å². The Labute approximate surface area is 168 Å². The third-order valence-corrected chi connectivity index (χ3v) is 5.12. The topological polar surface area (TPSA) is 98.7 Å². The summed E-state index contributed by atoms with van der Waals surface area (Å²) in [6, 6.07) is 12.4. The highest BCUT2D eigenvalue weighted by molar-refractivity contribution is 6.00. The number of β-amino-alcohol motifs (C(OH)–C–C–N with tert-alkyl or cyclic N) is 1. The molecule has 0 saturated carbocycles. The van der Waals surface area contributed by atoms with Crippen molar-refractivity contribution in [2.24, 2.45) is 0 Å². The standard InChI is InChI=1S/C22H23N3O4/c1-3-29-15-7-5-14(6-8-15)21-18-19(16-12-13(2)4-9-17(16)27)23-24-20(18)22(28)25(21)10-11-26/h4-9,12,21,26-27H,3,10-11H2,1-2H3,(H,23,24)/t21-/m1/s1. The van der Waals surface area contributed by atoms with Crippen LogP contribution in [0.4, 0.5) is 0 Å². The van der Waals surface area contributed by atoms with Crippen LogP contribution in [0.2, 0.25) is 0 Å². The van der Waals surface area contributed by atoms with Gasteiger partial charge in [0.25, 0.3) is 5.91 Å². The average Bonchev–Trinajstić information content (AvgIpc) is 3.25. The molecule has 0 fully saturated rings. The van der Waals surface area contributed by atoms with E-state index in [2.05, 4.69) is 10.2 Å². The van der Waals surface area contributed by atoms with E-state index < -0.39 is 6.04 Å². The number of carbonyl (C=O) groups excluding carboxylic acids is 1. The Morgan fingerprint density at radius 1 is 1.21 bits per heavy atom. The van der Waals surface area contributed by atoms with E-state index in [1.165, 1.54) is 0 Å². The summed E-state index contributed by atoms with van der Waals surface area (Å²) < 4.78 is 5.52. The van der Waals surface area contributed by atoms with Crippen LogP contribution in [0.5, 0.6) is 11.5 Å². The van der Waals surface area contributed by atoms with E-state index in [4.69, 9.17) is 4.74 Å². The smallest absolute Gasteiger partial charge is 0.273 e. The van der Waals surface area contributed by atoms with Crippen molar-refractivity contribution in [3.05, 3.63) is 64.8 Å². The van der Waals surface area contributed by atoms with Gasteiger partial charge in [0.15, 0.2) is 0 Å². The Balaban J connectivity index is 1.86. The number of amides is 1. The SMILES string of the molecule is CCOc1ccc([C@@H]2c3c(-c4cc(C)ccc4O)n[nH]c3C(=O)N2CCO)cc1. The first-order valence-corrected chi connectivity index (χ1v) is 9.58. The third kappa shape index (κ3) is 3.23. The lowest BCUT2D eigenvalue weighted by atomic mass is 9.95. The van der Waals surface area contributed by atoms with Gasteiger partial charge in [0.05, 0.1) is 19.3 Å². The molecule has 2 aromatic carbocycles. The van der Waals surface area contributed by atoms with Crippen molar-refractivity contribution >= 4 is 5.91 Å². The van der Waals surface area contributed by atoms with Crippen molar-refractivity contribution in [3.63, 3.8) is 0 Å². The van der Waals surface area contributed by atoms with Gasteiger partial charge in [0.1, 0.15) is 22.9 Å². The molecule has 1 atom stereocenters. The molecule has 4 rings (SSSR count). The normalized spacial score (nSPS) is 15.6. The van der Waals surface area contributed by atoms with Crippen LogP contribution in [0, 0.1) is 6.92 Å². The fourth-order valence-corrected chi connectivity index (χ4v) is 3.84. The van der Waals surface area contributed by atoms with Crippen molar-refractivity contribution in [2.45, 2.75) is 19.9 Å². The van der Waals surface area contributed by atoms with E-state index >= 15 is 0 Å². The molecule has 29 heavy (non-hydrogen) atoms. The number of carbonyl (C=O) groups is 1. The van der Waals surface area contributed by atoms with Gasteiger partial charge in [0.2, 0.25) is 0 Å². The maximum atomic E-state index is 13.0. The Morgan fingerprint density at radius 3 is 2.66 bits per heavy atom. The van der Waals surface area contributed by atoms with Gasteiger partial charge in [-0.25, -0.2) is 0 Å². The molecule has 7 nitrogen and oxygen atoms in total. The van der Waals surface area contributed by atoms with Gasteiger partial charge < -0.3 is 19.8 Å². The molecule has 1 aliphatic rings. The molecule has 1 aromatic heterocycles. The highest BCUT2D eigenvalue weighted by atomic mass is 16.5. The zero-order chi connectivity index (χ0) is 20.5. The Bertz CT molecular complexity index is 1040. The molecule has 0 radical (unpaired) electrons. The molecule has 3 N–H and O–H groups in total. The summed E-state index contributed by atoms with van der Waals surface area (Å²) >= 11 is 0. The van der Waals surface area contributed by atoms with Crippen LogP contribution in [0.15, 0.2) is 42.5 Å². The number of aromatic nitrogens is 2. The summed E-state index contributed by atoms with van der Waals surface area (Å²) in [6.45, 7) is 4.47. The number of aliphatic hydroxyl groups excluding tert-OH is 1. The number of hydrogen-bond acceptors (Lipinski definition) is 5. The largest absolute Gasteiger partial charge is 0.507 e. The highest BCUT2D eigenvalue weighted by Crippen LogP contribution is 2.44. The van der Waals surface area contributed by atoms with Crippen LogP contribution in [0.25, 0.3) is 11.3 Å². The summed E-state index contributed by atoms with van der Waals surface area (Å²) in [6.07, 6.45) is 0. The molecule has 7 heteroatoms. The average molecular weight is 393 g/mol. The van der Waals surface area contributed by atoms with Gasteiger partial charge in [-0.3, -0.25) is 9.89 Å². The highest BCUT2D eigenvalue weighted by Gasteiger charge is 2.42. The fraction of sp³-hybridized carbons (Fsp3) is 0.273. The maximum absolute atomic E-state index is 13.0. The number of phenols is 1. The van der Waals surface area contributed by atoms with Crippen LogP contribution in [0.3, 0.4) is 0 Å². The Hall–Kier alpha value is -3.32. The number of phenolic OH excluding ortho intramolecular Hbond substituents is 1. The van der Waals surface area contributed by atoms with E-state index in [1.807, 2.05) is 50.2 Å². The molecular formula is C22H23N3O4. The molecule has 0 bridgehead atoms. The molecule has 150 valence electrons. The molecule has 0 saturated heterocycles. The number of nitrogens with zero attached hydrogens (tertiary/aromatic N) is 2. The van der Waals surface area contributed by atoms with E-state index in [9.17, 15) is 15.0 Å². The molecule has 0 spiro atoms. The molecule has 3 aromatic rings. The van der Waals surface area contributed by atoms with E-state index in [1.54, 1.807) is 11.0 Å².